The van der Waals surface area contributed by atoms with Crippen LogP contribution in [0.2, 0.25) is 0 Å². The number of hydrogen-bond acceptors (Lipinski definition) is 1. The lowest BCUT2D eigenvalue weighted by molar-refractivity contribution is 1.18. The molecular formula is C52H36N2. The maximum absolute atomic E-state index is 2.37. The van der Waals surface area contributed by atoms with E-state index in [9.17, 15) is 0 Å². The zero-order chi connectivity index (χ0) is 35.8. The average Bonchev–Trinajstić information content (AvgIpc) is 3.59. The van der Waals surface area contributed by atoms with Crippen molar-refractivity contribution in [2.45, 2.75) is 0 Å². The molecule has 0 atom stereocenters. The third kappa shape index (κ3) is 5.62. The number of rotatable bonds is 7. The number of aromatic nitrogens is 1. The highest BCUT2D eigenvalue weighted by Gasteiger charge is 2.16. The molecule has 0 saturated carbocycles. The van der Waals surface area contributed by atoms with Gasteiger partial charge in [0.05, 0.1) is 16.7 Å². The maximum Gasteiger partial charge on any atom is 0.0541 e. The van der Waals surface area contributed by atoms with Gasteiger partial charge in [0.1, 0.15) is 0 Å². The van der Waals surface area contributed by atoms with Gasteiger partial charge in [-0.25, -0.2) is 0 Å². The summed E-state index contributed by atoms with van der Waals surface area (Å²) in [5.41, 5.74) is 14.2. The first-order valence-electron chi connectivity index (χ1n) is 18.5. The van der Waals surface area contributed by atoms with E-state index in [1.165, 1.54) is 66.0 Å². The Morgan fingerprint density at radius 2 is 0.741 bits per heavy atom. The molecule has 10 aromatic rings. The molecule has 0 radical (unpaired) electrons. The van der Waals surface area contributed by atoms with Gasteiger partial charge in [0.2, 0.25) is 0 Å². The summed E-state index contributed by atoms with van der Waals surface area (Å²) in [4.78, 5) is 2.35. The van der Waals surface area contributed by atoms with Crippen LogP contribution in [-0.4, -0.2) is 4.57 Å². The van der Waals surface area contributed by atoms with E-state index in [0.717, 1.165) is 22.7 Å². The molecule has 10 rings (SSSR count). The molecule has 2 heteroatoms. The highest BCUT2D eigenvalue weighted by atomic mass is 15.1. The molecule has 0 aliphatic rings. The summed E-state index contributed by atoms with van der Waals surface area (Å²) in [5.74, 6) is 0. The van der Waals surface area contributed by atoms with Crippen molar-refractivity contribution in [3.63, 3.8) is 0 Å². The third-order valence-electron chi connectivity index (χ3n) is 10.6. The first kappa shape index (κ1) is 31.6. The highest BCUT2D eigenvalue weighted by Crippen LogP contribution is 2.40. The standard InChI is InChI=1S/C52H36N2/c1-2-19-44(20-3-1)53(50-26-12-14-39-13-4-5-21-47(39)50)45-31-27-37(28-32-45)40-15-10-17-42(35-40)43-18-11-16-41(36-43)38-29-33-46(34-30-38)54-51-24-8-6-22-48(51)49-23-7-9-25-52(49)54/h1-36H. The van der Waals surface area contributed by atoms with Gasteiger partial charge in [-0.05, 0) is 105 Å². The molecule has 0 saturated heterocycles. The molecular weight excluding hydrogens is 653 g/mol. The minimum Gasteiger partial charge on any atom is -0.310 e. The molecule has 0 bridgehead atoms. The van der Waals surface area contributed by atoms with E-state index in [0.29, 0.717) is 0 Å². The SMILES string of the molecule is c1ccc(N(c2ccc(-c3cccc(-c4cccc(-c5ccc(-n6c7ccccc7c7ccccc76)cc5)c4)c3)cc2)c2cccc3ccccc23)cc1. The topological polar surface area (TPSA) is 8.17 Å². The van der Waals surface area contributed by atoms with E-state index >= 15 is 0 Å². The Balaban J connectivity index is 0.953. The number of hydrogen-bond donors (Lipinski definition) is 0. The molecule has 1 heterocycles. The van der Waals surface area contributed by atoms with E-state index in [2.05, 4.69) is 228 Å². The van der Waals surface area contributed by atoms with Crippen LogP contribution in [0, 0.1) is 0 Å². The third-order valence-corrected chi connectivity index (χ3v) is 10.6. The number of anilines is 3. The highest BCUT2D eigenvalue weighted by molar-refractivity contribution is 6.09. The molecule has 2 nitrogen and oxygen atoms in total. The molecule has 0 aliphatic heterocycles. The van der Waals surface area contributed by atoms with E-state index in [4.69, 9.17) is 0 Å². The number of nitrogens with zero attached hydrogens (tertiary/aromatic N) is 2. The molecule has 0 fully saturated rings. The number of para-hydroxylation sites is 3. The van der Waals surface area contributed by atoms with E-state index in [1.54, 1.807) is 0 Å². The van der Waals surface area contributed by atoms with Crippen LogP contribution in [0.1, 0.15) is 0 Å². The Labute approximate surface area is 315 Å². The van der Waals surface area contributed by atoms with Crippen LogP contribution in [0.25, 0.3) is 71.6 Å². The Morgan fingerprint density at radius 1 is 0.296 bits per heavy atom. The summed E-state index contributed by atoms with van der Waals surface area (Å²) in [6.45, 7) is 0. The van der Waals surface area contributed by atoms with Crippen molar-refractivity contribution in [1.82, 2.24) is 4.57 Å². The zero-order valence-corrected chi connectivity index (χ0v) is 29.7. The lowest BCUT2D eigenvalue weighted by Crippen LogP contribution is -2.10. The van der Waals surface area contributed by atoms with Crippen molar-refractivity contribution in [3.05, 3.63) is 218 Å². The lowest BCUT2D eigenvalue weighted by Gasteiger charge is -2.27. The lowest BCUT2D eigenvalue weighted by atomic mass is 9.96. The number of fused-ring (bicyclic) bond motifs is 4. The average molecular weight is 689 g/mol. The van der Waals surface area contributed by atoms with Crippen molar-refractivity contribution in [2.75, 3.05) is 4.90 Å². The monoisotopic (exact) mass is 688 g/mol. The van der Waals surface area contributed by atoms with Gasteiger partial charge in [-0.15, -0.1) is 0 Å². The molecule has 254 valence electrons. The van der Waals surface area contributed by atoms with Crippen LogP contribution in [0.4, 0.5) is 17.1 Å². The Kier molecular flexibility index (Phi) is 7.85. The minimum atomic E-state index is 1.12. The van der Waals surface area contributed by atoms with Gasteiger partial charge in [-0.3, -0.25) is 0 Å². The van der Waals surface area contributed by atoms with Crippen molar-refractivity contribution in [1.29, 1.82) is 0 Å². The second-order valence-corrected chi connectivity index (χ2v) is 13.8. The van der Waals surface area contributed by atoms with Crippen LogP contribution < -0.4 is 4.90 Å². The molecule has 0 N–H and O–H groups in total. The van der Waals surface area contributed by atoms with Crippen LogP contribution in [0.5, 0.6) is 0 Å². The van der Waals surface area contributed by atoms with E-state index in [1.807, 2.05) is 0 Å². The van der Waals surface area contributed by atoms with Gasteiger partial charge < -0.3 is 9.47 Å². The Bertz CT molecular complexity index is 2860. The van der Waals surface area contributed by atoms with Gasteiger partial charge in [0, 0.05) is 33.2 Å². The smallest absolute Gasteiger partial charge is 0.0541 e. The quantitative estimate of drug-likeness (QED) is 0.162. The van der Waals surface area contributed by atoms with Gasteiger partial charge in [0.25, 0.3) is 0 Å². The molecule has 54 heavy (non-hydrogen) atoms. The van der Waals surface area contributed by atoms with Crippen LogP contribution in [0.15, 0.2) is 218 Å². The predicted molar refractivity (Wildman–Crippen MR) is 229 cm³/mol. The summed E-state index contributed by atoms with van der Waals surface area (Å²) in [7, 11) is 0. The summed E-state index contributed by atoms with van der Waals surface area (Å²) in [5, 5.41) is 5.00. The molecule has 0 aliphatic carbocycles. The summed E-state index contributed by atoms with van der Waals surface area (Å²) >= 11 is 0. The van der Waals surface area contributed by atoms with E-state index < -0.39 is 0 Å². The van der Waals surface area contributed by atoms with Crippen molar-refractivity contribution >= 4 is 49.6 Å². The van der Waals surface area contributed by atoms with Gasteiger partial charge >= 0.3 is 0 Å². The minimum absolute atomic E-state index is 1.12. The predicted octanol–water partition coefficient (Wildman–Crippen LogP) is 14.4. The second-order valence-electron chi connectivity index (χ2n) is 13.8. The van der Waals surface area contributed by atoms with E-state index in [-0.39, 0.29) is 0 Å². The van der Waals surface area contributed by atoms with Crippen LogP contribution in [0.3, 0.4) is 0 Å². The normalized spacial score (nSPS) is 11.3. The molecule has 0 amide bonds. The zero-order valence-electron chi connectivity index (χ0n) is 29.7. The molecule has 1 aromatic heterocycles. The fourth-order valence-electron chi connectivity index (χ4n) is 7.97. The Hall–Kier alpha value is -7.16. The van der Waals surface area contributed by atoms with Crippen molar-refractivity contribution in [3.8, 4) is 39.1 Å². The van der Waals surface area contributed by atoms with Gasteiger partial charge in [-0.1, -0.05) is 152 Å². The van der Waals surface area contributed by atoms with Gasteiger partial charge in [0.15, 0.2) is 0 Å². The van der Waals surface area contributed by atoms with Gasteiger partial charge in [-0.2, -0.15) is 0 Å². The Morgan fingerprint density at radius 3 is 1.35 bits per heavy atom. The fourth-order valence-corrected chi connectivity index (χ4v) is 7.97. The van der Waals surface area contributed by atoms with Crippen molar-refractivity contribution in [2.24, 2.45) is 0 Å². The summed E-state index contributed by atoms with van der Waals surface area (Å²) in [6, 6.07) is 78.8. The first-order chi connectivity index (χ1) is 26.8. The maximum atomic E-state index is 2.37. The molecule has 9 aromatic carbocycles. The molecule has 0 spiro atoms. The fraction of sp³-hybridized carbons (Fsp3) is 0. The van der Waals surface area contributed by atoms with Crippen LogP contribution in [-0.2, 0) is 0 Å². The summed E-state index contributed by atoms with van der Waals surface area (Å²) in [6.07, 6.45) is 0. The molecule has 0 unspecified atom stereocenters. The number of benzene rings is 9. The first-order valence-corrected chi connectivity index (χ1v) is 18.5. The second kappa shape index (κ2) is 13.4. The largest absolute Gasteiger partial charge is 0.310 e. The van der Waals surface area contributed by atoms with Crippen molar-refractivity contribution < 1.29 is 0 Å². The summed E-state index contributed by atoms with van der Waals surface area (Å²) < 4.78 is 2.37. The van der Waals surface area contributed by atoms with Crippen LogP contribution >= 0.6 is 0 Å².